The van der Waals surface area contributed by atoms with Crippen molar-refractivity contribution in [3.63, 3.8) is 0 Å². The summed E-state index contributed by atoms with van der Waals surface area (Å²) >= 11 is 0. The van der Waals surface area contributed by atoms with Gasteiger partial charge in [0.25, 0.3) is 0 Å². The van der Waals surface area contributed by atoms with Crippen molar-refractivity contribution in [2.24, 2.45) is 5.73 Å². The molecule has 0 aliphatic carbocycles. The van der Waals surface area contributed by atoms with E-state index in [0.29, 0.717) is 0 Å². The molecule has 0 saturated carbocycles. The van der Waals surface area contributed by atoms with Gasteiger partial charge in [0.1, 0.15) is 0 Å². The van der Waals surface area contributed by atoms with Gasteiger partial charge in [-0.05, 0) is 33.0 Å². The van der Waals surface area contributed by atoms with Gasteiger partial charge in [0.05, 0.1) is 6.04 Å². The minimum Gasteiger partial charge on any atom is -0.368 e. The van der Waals surface area contributed by atoms with Crippen molar-refractivity contribution in [1.29, 1.82) is 0 Å². The molecule has 5 heteroatoms. The molecule has 18 heavy (non-hydrogen) atoms. The number of hydrogen-bond acceptors (Lipinski definition) is 4. The molecule has 1 amide bonds. The van der Waals surface area contributed by atoms with Crippen LogP contribution in [0.1, 0.15) is 26.7 Å². The molecule has 0 aromatic carbocycles. The summed E-state index contributed by atoms with van der Waals surface area (Å²) < 4.78 is 0. The third-order valence-electron chi connectivity index (χ3n) is 3.42. The van der Waals surface area contributed by atoms with Crippen LogP contribution >= 0.6 is 0 Å². The number of carbonyl (C=O) groups excluding carboxylic acids is 1. The van der Waals surface area contributed by atoms with E-state index in [1.165, 1.54) is 13.0 Å². The first-order valence-corrected chi connectivity index (χ1v) is 6.95. The number of nitrogens with one attached hydrogen (secondary N) is 1. The summed E-state index contributed by atoms with van der Waals surface area (Å²) in [6.45, 7) is 9.51. The molecule has 0 bridgehead atoms. The van der Waals surface area contributed by atoms with Gasteiger partial charge in [-0.1, -0.05) is 13.8 Å². The first kappa shape index (κ1) is 15.4. The van der Waals surface area contributed by atoms with Crippen LogP contribution in [0.2, 0.25) is 0 Å². The predicted molar refractivity (Wildman–Crippen MR) is 74.4 cm³/mol. The van der Waals surface area contributed by atoms with Crippen LogP contribution in [0.15, 0.2) is 0 Å². The van der Waals surface area contributed by atoms with Gasteiger partial charge in [-0.2, -0.15) is 0 Å². The number of carbonyl (C=O) groups is 1. The Morgan fingerprint density at radius 3 is 2.61 bits per heavy atom. The second-order valence-corrected chi connectivity index (χ2v) is 5.56. The quantitative estimate of drug-likeness (QED) is 0.695. The van der Waals surface area contributed by atoms with Crippen LogP contribution in [0.3, 0.4) is 0 Å². The molecular weight excluding hydrogens is 228 g/mol. The SMILES string of the molecule is CC(C)NC(CCN1CCCN(C)CC1)C(N)=O. The van der Waals surface area contributed by atoms with Crippen molar-refractivity contribution in [3.05, 3.63) is 0 Å². The molecule has 0 spiro atoms. The maximum absolute atomic E-state index is 11.4. The zero-order valence-electron chi connectivity index (χ0n) is 12.0. The highest BCUT2D eigenvalue weighted by molar-refractivity contribution is 5.79. The largest absolute Gasteiger partial charge is 0.368 e. The van der Waals surface area contributed by atoms with Crippen LogP contribution in [-0.2, 0) is 4.79 Å². The Morgan fingerprint density at radius 2 is 2.00 bits per heavy atom. The van der Waals surface area contributed by atoms with Gasteiger partial charge in [0.2, 0.25) is 5.91 Å². The normalized spacial score (nSPS) is 20.9. The molecule has 1 unspecified atom stereocenters. The smallest absolute Gasteiger partial charge is 0.234 e. The lowest BCUT2D eigenvalue weighted by Gasteiger charge is -2.24. The van der Waals surface area contributed by atoms with E-state index in [0.717, 1.165) is 32.6 Å². The van der Waals surface area contributed by atoms with E-state index in [-0.39, 0.29) is 18.0 Å². The van der Waals surface area contributed by atoms with Crippen LogP contribution in [0, 0.1) is 0 Å². The van der Waals surface area contributed by atoms with Crippen molar-refractivity contribution in [2.45, 2.75) is 38.8 Å². The first-order chi connectivity index (χ1) is 8.49. The average molecular weight is 256 g/mol. The summed E-state index contributed by atoms with van der Waals surface area (Å²) in [7, 11) is 2.16. The molecule has 1 aliphatic rings. The van der Waals surface area contributed by atoms with E-state index in [1.54, 1.807) is 0 Å². The standard InChI is InChI=1S/C13H28N4O/c1-11(2)15-12(13(14)18)5-8-17-7-4-6-16(3)9-10-17/h11-12,15H,4-10H2,1-3H3,(H2,14,18). The minimum absolute atomic E-state index is 0.203. The fourth-order valence-corrected chi connectivity index (χ4v) is 2.35. The van der Waals surface area contributed by atoms with Crippen LogP contribution in [-0.4, -0.2) is 67.6 Å². The molecule has 1 atom stereocenters. The van der Waals surface area contributed by atoms with E-state index >= 15 is 0 Å². The van der Waals surface area contributed by atoms with Gasteiger partial charge in [-0.15, -0.1) is 0 Å². The number of rotatable bonds is 6. The second-order valence-electron chi connectivity index (χ2n) is 5.56. The highest BCUT2D eigenvalue weighted by atomic mass is 16.1. The molecular formula is C13H28N4O. The lowest BCUT2D eigenvalue weighted by Crippen LogP contribution is -2.46. The van der Waals surface area contributed by atoms with Crippen molar-refractivity contribution in [3.8, 4) is 0 Å². The van der Waals surface area contributed by atoms with Gasteiger partial charge in [-0.25, -0.2) is 0 Å². The highest BCUT2D eigenvalue weighted by Crippen LogP contribution is 2.04. The average Bonchev–Trinajstić information content (AvgIpc) is 2.48. The molecule has 1 fully saturated rings. The fraction of sp³-hybridized carbons (Fsp3) is 0.923. The van der Waals surface area contributed by atoms with Crippen LogP contribution in [0.4, 0.5) is 0 Å². The third-order valence-corrected chi connectivity index (χ3v) is 3.42. The number of hydrogen-bond donors (Lipinski definition) is 2. The summed E-state index contributed by atoms with van der Waals surface area (Å²) in [5.74, 6) is -0.240. The molecule has 1 heterocycles. The van der Waals surface area contributed by atoms with E-state index < -0.39 is 0 Å². The van der Waals surface area contributed by atoms with Gasteiger partial charge in [0.15, 0.2) is 0 Å². The zero-order chi connectivity index (χ0) is 13.5. The van der Waals surface area contributed by atoms with Gasteiger partial charge >= 0.3 is 0 Å². The number of primary amides is 1. The zero-order valence-corrected chi connectivity index (χ0v) is 12.0. The number of amides is 1. The Labute approximate surface area is 111 Å². The Hall–Kier alpha value is -0.650. The van der Waals surface area contributed by atoms with Gasteiger partial charge < -0.3 is 20.9 Å². The molecule has 3 N–H and O–H groups in total. The molecule has 0 aromatic rings. The molecule has 0 aromatic heterocycles. The van der Waals surface area contributed by atoms with E-state index in [9.17, 15) is 4.79 Å². The fourth-order valence-electron chi connectivity index (χ4n) is 2.35. The molecule has 1 saturated heterocycles. The second kappa shape index (κ2) is 7.71. The van der Waals surface area contributed by atoms with Gasteiger partial charge in [-0.3, -0.25) is 4.79 Å². The van der Waals surface area contributed by atoms with Crippen molar-refractivity contribution in [2.75, 3.05) is 39.8 Å². The Bertz CT molecular complexity index is 257. The Balaban J connectivity index is 2.34. The van der Waals surface area contributed by atoms with E-state index in [2.05, 4.69) is 22.2 Å². The maximum Gasteiger partial charge on any atom is 0.234 e. The summed E-state index contributed by atoms with van der Waals surface area (Å²) in [5.41, 5.74) is 5.43. The van der Waals surface area contributed by atoms with Crippen LogP contribution in [0.5, 0.6) is 0 Å². The Kier molecular flexibility index (Phi) is 6.60. The van der Waals surface area contributed by atoms with E-state index in [4.69, 9.17) is 5.73 Å². The van der Waals surface area contributed by atoms with Crippen LogP contribution < -0.4 is 11.1 Å². The molecule has 1 aliphatic heterocycles. The molecule has 106 valence electrons. The summed E-state index contributed by atoms with van der Waals surface area (Å²) in [4.78, 5) is 16.2. The van der Waals surface area contributed by atoms with E-state index in [1.807, 2.05) is 13.8 Å². The lowest BCUT2D eigenvalue weighted by molar-refractivity contribution is -0.120. The molecule has 1 rings (SSSR count). The molecule has 0 radical (unpaired) electrons. The summed E-state index contributed by atoms with van der Waals surface area (Å²) in [5, 5.41) is 3.23. The van der Waals surface area contributed by atoms with Crippen molar-refractivity contribution >= 4 is 5.91 Å². The maximum atomic E-state index is 11.4. The topological polar surface area (TPSA) is 61.6 Å². The monoisotopic (exact) mass is 256 g/mol. The molecule has 5 nitrogen and oxygen atoms in total. The summed E-state index contributed by atoms with van der Waals surface area (Å²) in [6.07, 6.45) is 2.01. The van der Waals surface area contributed by atoms with Crippen molar-refractivity contribution < 1.29 is 4.79 Å². The van der Waals surface area contributed by atoms with Gasteiger partial charge in [0, 0.05) is 25.7 Å². The Morgan fingerprint density at radius 1 is 1.28 bits per heavy atom. The van der Waals surface area contributed by atoms with Crippen LogP contribution in [0.25, 0.3) is 0 Å². The summed E-state index contributed by atoms with van der Waals surface area (Å²) in [6, 6.07) is 0.0868. The first-order valence-electron chi connectivity index (χ1n) is 6.95. The lowest BCUT2D eigenvalue weighted by atomic mass is 10.1. The highest BCUT2D eigenvalue weighted by Gasteiger charge is 2.18. The van der Waals surface area contributed by atoms with Crippen molar-refractivity contribution in [1.82, 2.24) is 15.1 Å². The third kappa shape index (κ3) is 5.80. The minimum atomic E-state index is -0.240. The number of nitrogens with two attached hydrogens (primary N) is 1. The predicted octanol–water partition coefficient (Wildman–Crippen LogP) is -0.134. The number of likely N-dealkylation sites (N-methyl/N-ethyl adjacent to an activating group) is 1. The number of nitrogens with zero attached hydrogens (tertiary/aromatic N) is 2.